The van der Waals surface area contributed by atoms with Gasteiger partial charge in [-0.1, -0.05) is 224 Å². The molecule has 0 fully saturated rings. The van der Waals surface area contributed by atoms with Crippen LogP contribution < -0.4 is 0 Å². The molecule has 0 unspecified atom stereocenters. The molecule has 4 heterocycles. The van der Waals surface area contributed by atoms with Crippen molar-refractivity contribution in [3.05, 3.63) is 272 Å². The van der Waals surface area contributed by atoms with Crippen molar-refractivity contribution in [2.24, 2.45) is 0 Å². The third kappa shape index (κ3) is 6.77. The lowest BCUT2D eigenvalue weighted by Gasteiger charge is -2.26. The van der Waals surface area contributed by atoms with E-state index in [2.05, 4.69) is 129 Å². The van der Waals surface area contributed by atoms with Gasteiger partial charge in [-0.15, -0.1) is 22.7 Å². The summed E-state index contributed by atoms with van der Waals surface area (Å²) in [5, 5.41) is 19.8. The van der Waals surface area contributed by atoms with E-state index in [1.165, 1.54) is 0 Å². The monoisotopic (exact) mass is 1060 g/mol. The van der Waals surface area contributed by atoms with E-state index in [1.807, 2.05) is 115 Å². The normalized spacial score (nSPS) is 12.6. The number of nitrogens with zero attached hydrogens (tertiary/aromatic N) is 4. The highest BCUT2D eigenvalue weighted by molar-refractivity contribution is 7.27. The van der Waals surface area contributed by atoms with Crippen LogP contribution in [0.5, 0.6) is 0 Å². The van der Waals surface area contributed by atoms with E-state index >= 15 is 0 Å². The molecule has 0 bridgehead atoms. The van der Waals surface area contributed by atoms with Crippen molar-refractivity contribution in [1.82, 2.24) is 9.13 Å². The first kappa shape index (κ1) is 40.9. The van der Waals surface area contributed by atoms with Crippen LogP contribution in [0.3, 0.4) is 0 Å². The minimum absolute atomic E-state index is 0.0789. The fourth-order valence-electron chi connectivity index (χ4n) is 12.5. The average molecular weight is 1060 g/mol. The first-order chi connectivity index (χ1) is 41.7. The van der Waals surface area contributed by atoms with Crippen molar-refractivity contribution in [2.75, 3.05) is 0 Å². The maximum absolute atomic E-state index is 12.6. The maximum Gasteiger partial charge on any atom is 0.220 e. The van der Waals surface area contributed by atoms with E-state index in [-0.39, 0.29) is 23.2 Å². The van der Waals surface area contributed by atoms with E-state index < -0.39 is 18.1 Å². The van der Waals surface area contributed by atoms with Crippen LogP contribution in [0.25, 0.3) is 156 Å². The Kier molecular flexibility index (Phi) is 9.26. The summed E-state index contributed by atoms with van der Waals surface area (Å²) in [7, 11) is 0. The number of hydrogen-bond acceptors (Lipinski definition) is 3. The molecule has 370 valence electrons. The number of fused-ring (bicyclic) bond motifs is 14. The molecule has 0 atom stereocenters. The van der Waals surface area contributed by atoms with Crippen molar-refractivity contribution in [2.45, 2.75) is 0 Å². The van der Waals surface area contributed by atoms with Crippen molar-refractivity contribution >= 4 is 112 Å². The number of nitriles is 1. The van der Waals surface area contributed by atoms with Gasteiger partial charge in [-0.3, -0.25) is 0 Å². The van der Waals surface area contributed by atoms with Crippen LogP contribution >= 0.6 is 22.7 Å². The second-order valence-electron chi connectivity index (χ2n) is 20.1. The van der Waals surface area contributed by atoms with Gasteiger partial charge in [-0.2, -0.15) is 5.26 Å². The SMILES string of the molecule is [2H]c1c([2H])c([2H])c(-c2cc3c4ccccc4sc3c3c2c2ccc4c5ccccc5sc4c2n3-c2c(C#N)c(-c3ccccc3)c([N+]#[C-])c(-n3c4cc(-c5ccccc5)ccc4c4ccc(-c5ccccc5)cc43)c2-c2ccccc2)c([2H])c1[2H]. The molecule has 16 aromatic rings. The Hall–Kier alpha value is -10.3. The summed E-state index contributed by atoms with van der Waals surface area (Å²) in [4.78, 5) is 4.65. The highest BCUT2D eigenvalue weighted by Gasteiger charge is 2.34. The van der Waals surface area contributed by atoms with Crippen molar-refractivity contribution in [1.29, 1.82) is 5.26 Å². The van der Waals surface area contributed by atoms with Gasteiger partial charge in [-0.05, 0) is 74.8 Å². The van der Waals surface area contributed by atoms with E-state index in [4.69, 9.17) is 4.11 Å². The van der Waals surface area contributed by atoms with E-state index in [1.54, 1.807) is 22.7 Å². The zero-order valence-electron chi connectivity index (χ0n) is 47.5. The lowest BCUT2D eigenvalue weighted by Crippen LogP contribution is -2.09. The highest BCUT2D eigenvalue weighted by Crippen LogP contribution is 2.56. The molecule has 4 nitrogen and oxygen atoms in total. The Morgan fingerprint density at radius 3 is 1.46 bits per heavy atom. The molecule has 0 saturated carbocycles. The molecular formula is C74H42N4S2. The zero-order chi connectivity index (χ0) is 57.4. The lowest BCUT2D eigenvalue weighted by molar-refractivity contribution is 1.14. The third-order valence-corrected chi connectivity index (χ3v) is 18.2. The summed E-state index contributed by atoms with van der Waals surface area (Å²) in [6.07, 6.45) is 0. The van der Waals surface area contributed by atoms with Gasteiger partial charge in [0.1, 0.15) is 6.07 Å². The van der Waals surface area contributed by atoms with Crippen molar-refractivity contribution < 1.29 is 6.85 Å². The number of thiophene rings is 2. The predicted octanol–water partition coefficient (Wildman–Crippen LogP) is 21.4. The van der Waals surface area contributed by atoms with Gasteiger partial charge in [0.25, 0.3) is 0 Å². The first-order valence-electron chi connectivity index (χ1n) is 28.8. The van der Waals surface area contributed by atoms with E-state index in [0.717, 1.165) is 101 Å². The Bertz CT molecular complexity index is 5490. The van der Waals surface area contributed by atoms with Gasteiger partial charge in [-0.25, -0.2) is 4.85 Å². The lowest BCUT2D eigenvalue weighted by atomic mass is 9.88. The molecule has 16 rings (SSSR count). The Morgan fingerprint density at radius 2 is 0.900 bits per heavy atom. The molecular weight excluding hydrogens is 1010 g/mol. The number of benzene rings is 12. The summed E-state index contributed by atoms with van der Waals surface area (Å²) >= 11 is 3.28. The predicted molar refractivity (Wildman–Crippen MR) is 339 cm³/mol. The fraction of sp³-hybridized carbons (Fsp3) is 0. The Morgan fingerprint density at radius 1 is 0.412 bits per heavy atom. The smallest absolute Gasteiger partial charge is 0.220 e. The van der Waals surface area contributed by atoms with Crippen LogP contribution in [0.1, 0.15) is 12.4 Å². The molecule has 12 aromatic carbocycles. The molecule has 0 spiro atoms. The number of aromatic nitrogens is 2. The second kappa shape index (κ2) is 18.1. The maximum atomic E-state index is 12.6. The summed E-state index contributed by atoms with van der Waals surface area (Å²) < 4.78 is 54.8. The fourth-order valence-corrected chi connectivity index (χ4v) is 14.9. The molecule has 0 aliphatic rings. The quantitative estimate of drug-likeness (QED) is 0.147. The first-order valence-corrected chi connectivity index (χ1v) is 28.0. The van der Waals surface area contributed by atoms with Crippen molar-refractivity contribution in [3.8, 4) is 73.1 Å². The van der Waals surface area contributed by atoms with Gasteiger partial charge in [0.05, 0.1) is 61.8 Å². The van der Waals surface area contributed by atoms with E-state index in [0.29, 0.717) is 50.2 Å². The van der Waals surface area contributed by atoms with Crippen LogP contribution in [-0.4, -0.2) is 9.13 Å². The van der Waals surface area contributed by atoms with Crippen LogP contribution in [0.4, 0.5) is 5.69 Å². The molecule has 0 aliphatic heterocycles. The van der Waals surface area contributed by atoms with Gasteiger partial charge in [0.2, 0.25) is 5.69 Å². The summed E-state index contributed by atoms with van der Waals surface area (Å²) in [6.45, 7) is 9.66. The molecule has 0 saturated heterocycles. The zero-order valence-corrected chi connectivity index (χ0v) is 44.1. The largest absolute Gasteiger partial charge is 0.318 e. The second-order valence-corrected chi connectivity index (χ2v) is 22.2. The number of rotatable bonds is 7. The van der Waals surface area contributed by atoms with Gasteiger partial charge < -0.3 is 9.13 Å². The average Bonchev–Trinajstić information content (AvgIpc) is 1.58. The molecule has 0 N–H and O–H groups in total. The van der Waals surface area contributed by atoms with Gasteiger partial charge in [0, 0.05) is 63.6 Å². The molecule has 0 aliphatic carbocycles. The van der Waals surface area contributed by atoms with Crippen LogP contribution in [0.15, 0.2) is 255 Å². The third-order valence-electron chi connectivity index (χ3n) is 15.8. The molecule has 80 heavy (non-hydrogen) atoms. The number of hydrogen-bond donors (Lipinski definition) is 0. The standard InChI is InChI=1S/C74H42N4S2/c1-76-68-65(48-27-13-5-14-28-48)60(44-75)69(66(49-29-15-6-16-30-49)71(68)77-61-41-50(45-21-7-2-8-22-45)35-37-52(61)53-38-36-51(42-62(53)77)46-23-9-3-10-24-46)78-70-57(40-39-56-54-31-17-19-33-63(54)79-73(56)70)67-58(47-25-11-4-12-26-47)43-59-55-32-18-20-34-64(55)80-74(59)72(67)78/h2-43H/i4D,11D,12D,25D,26D. The minimum Gasteiger partial charge on any atom is -0.318 e. The molecule has 4 aromatic heterocycles. The Labute approximate surface area is 475 Å². The highest BCUT2D eigenvalue weighted by atomic mass is 32.1. The van der Waals surface area contributed by atoms with Gasteiger partial charge in [0.15, 0.2) is 0 Å². The summed E-state index contributed by atoms with van der Waals surface area (Å²) in [6, 6.07) is 77.3. The van der Waals surface area contributed by atoms with Crippen LogP contribution in [0, 0.1) is 17.9 Å². The topological polar surface area (TPSA) is 38.0 Å². The van der Waals surface area contributed by atoms with Crippen LogP contribution in [0.2, 0.25) is 0 Å². The van der Waals surface area contributed by atoms with E-state index in [9.17, 15) is 14.6 Å². The van der Waals surface area contributed by atoms with Gasteiger partial charge >= 0.3 is 0 Å². The molecule has 0 amide bonds. The molecule has 0 radical (unpaired) electrons. The Balaban J connectivity index is 1.22. The van der Waals surface area contributed by atoms with Crippen molar-refractivity contribution in [3.63, 3.8) is 0 Å². The van der Waals surface area contributed by atoms with Crippen LogP contribution in [-0.2, 0) is 0 Å². The minimum atomic E-state index is -0.477. The summed E-state index contributed by atoms with van der Waals surface area (Å²) in [5.74, 6) is 0. The summed E-state index contributed by atoms with van der Waals surface area (Å²) in [5.41, 5.74) is 12.0. The molecule has 6 heteroatoms.